The fourth-order valence-electron chi connectivity index (χ4n) is 4.82. The van der Waals surface area contributed by atoms with Crippen molar-refractivity contribution < 1.29 is 4.79 Å². The van der Waals surface area contributed by atoms with E-state index in [2.05, 4.69) is 38.4 Å². The van der Waals surface area contributed by atoms with E-state index in [0.29, 0.717) is 17.2 Å². The van der Waals surface area contributed by atoms with E-state index in [1.807, 2.05) is 6.20 Å². The standard InChI is InChI=1S/C19H31N5O/c1-15-11-22-24(12-15)13-16-2-8-23(9-3-16)18(25)17-10-19(14-21-17)4-6-20-7-5-19/h11-12,16-17,20-21H,2-10,13-14H2,1H3/t17-/m0/s1. The minimum absolute atomic E-state index is 0.0448. The number of hydrogen-bond acceptors (Lipinski definition) is 4. The number of carbonyl (C=O) groups excluding carboxylic acids is 1. The van der Waals surface area contributed by atoms with E-state index in [1.54, 1.807) is 0 Å². The summed E-state index contributed by atoms with van der Waals surface area (Å²) < 4.78 is 2.05. The topological polar surface area (TPSA) is 62.2 Å². The maximum absolute atomic E-state index is 12.9. The average Bonchev–Trinajstić information content (AvgIpc) is 3.22. The van der Waals surface area contributed by atoms with E-state index in [1.165, 1.54) is 18.4 Å². The molecule has 6 nitrogen and oxygen atoms in total. The molecule has 25 heavy (non-hydrogen) atoms. The molecule has 4 rings (SSSR count). The van der Waals surface area contributed by atoms with Gasteiger partial charge in [-0.1, -0.05) is 0 Å². The molecule has 0 unspecified atom stereocenters. The van der Waals surface area contributed by atoms with Crippen molar-refractivity contribution in [3.8, 4) is 0 Å². The van der Waals surface area contributed by atoms with Gasteiger partial charge < -0.3 is 15.5 Å². The highest BCUT2D eigenvalue weighted by Gasteiger charge is 2.43. The number of nitrogens with zero attached hydrogens (tertiary/aromatic N) is 3. The van der Waals surface area contributed by atoms with Gasteiger partial charge in [0.2, 0.25) is 5.91 Å². The SMILES string of the molecule is Cc1cnn(CC2CCN(C(=O)[C@@H]3CC4(CCNCC4)CN3)CC2)c1. The molecule has 2 N–H and O–H groups in total. The fourth-order valence-corrected chi connectivity index (χ4v) is 4.82. The predicted molar refractivity (Wildman–Crippen MR) is 97.2 cm³/mol. The molecule has 3 saturated heterocycles. The third kappa shape index (κ3) is 3.75. The minimum Gasteiger partial charge on any atom is -0.341 e. The Kier molecular flexibility index (Phi) is 4.82. The van der Waals surface area contributed by atoms with Gasteiger partial charge >= 0.3 is 0 Å². The number of nitrogens with one attached hydrogen (secondary N) is 2. The number of amides is 1. The van der Waals surface area contributed by atoms with Crippen LogP contribution in [-0.2, 0) is 11.3 Å². The molecule has 6 heteroatoms. The number of aromatic nitrogens is 2. The Bertz CT molecular complexity index is 599. The molecule has 1 amide bonds. The van der Waals surface area contributed by atoms with Crippen molar-refractivity contribution in [2.45, 2.75) is 51.6 Å². The Morgan fingerprint density at radius 2 is 2.08 bits per heavy atom. The molecule has 1 atom stereocenters. The summed E-state index contributed by atoms with van der Waals surface area (Å²) in [6.45, 7) is 8.07. The lowest BCUT2D eigenvalue weighted by atomic mass is 9.77. The first-order valence-corrected chi connectivity index (χ1v) is 9.86. The molecule has 138 valence electrons. The zero-order chi connectivity index (χ0) is 17.3. The number of hydrogen-bond donors (Lipinski definition) is 2. The Morgan fingerprint density at radius 1 is 1.32 bits per heavy atom. The number of likely N-dealkylation sites (tertiary alicyclic amines) is 1. The molecular formula is C19H31N5O. The van der Waals surface area contributed by atoms with E-state index >= 15 is 0 Å². The molecule has 4 heterocycles. The van der Waals surface area contributed by atoms with Crippen LogP contribution in [0.25, 0.3) is 0 Å². The van der Waals surface area contributed by atoms with Crippen LogP contribution in [0.4, 0.5) is 0 Å². The second-order valence-electron chi connectivity index (χ2n) is 8.40. The second-order valence-corrected chi connectivity index (χ2v) is 8.40. The Morgan fingerprint density at radius 3 is 2.76 bits per heavy atom. The smallest absolute Gasteiger partial charge is 0.239 e. The monoisotopic (exact) mass is 345 g/mol. The lowest BCUT2D eigenvalue weighted by molar-refractivity contribution is -0.134. The summed E-state index contributed by atoms with van der Waals surface area (Å²) in [5, 5.41) is 11.4. The number of carbonyl (C=O) groups is 1. The van der Waals surface area contributed by atoms with Crippen molar-refractivity contribution in [2.24, 2.45) is 11.3 Å². The van der Waals surface area contributed by atoms with E-state index in [0.717, 1.165) is 58.5 Å². The summed E-state index contributed by atoms with van der Waals surface area (Å²) >= 11 is 0. The van der Waals surface area contributed by atoms with Crippen LogP contribution in [0.2, 0.25) is 0 Å². The van der Waals surface area contributed by atoms with Crippen molar-refractivity contribution in [1.29, 1.82) is 0 Å². The quantitative estimate of drug-likeness (QED) is 0.863. The molecule has 0 bridgehead atoms. The summed E-state index contributed by atoms with van der Waals surface area (Å²) in [6, 6.07) is 0.0448. The molecule has 0 radical (unpaired) electrons. The highest BCUT2D eigenvalue weighted by atomic mass is 16.2. The zero-order valence-electron chi connectivity index (χ0n) is 15.3. The van der Waals surface area contributed by atoms with Gasteiger partial charge in [-0.05, 0) is 69.0 Å². The van der Waals surface area contributed by atoms with Gasteiger partial charge in [0.15, 0.2) is 0 Å². The number of aryl methyl sites for hydroxylation is 1. The van der Waals surface area contributed by atoms with Gasteiger partial charge in [-0.25, -0.2) is 0 Å². The fraction of sp³-hybridized carbons (Fsp3) is 0.789. The first-order chi connectivity index (χ1) is 12.1. The molecule has 1 aromatic heterocycles. The summed E-state index contributed by atoms with van der Waals surface area (Å²) in [5.74, 6) is 0.972. The van der Waals surface area contributed by atoms with Crippen LogP contribution in [0.1, 0.15) is 37.7 Å². The van der Waals surface area contributed by atoms with Crippen molar-refractivity contribution in [3.63, 3.8) is 0 Å². The Labute approximate surface area is 150 Å². The van der Waals surface area contributed by atoms with Gasteiger partial charge in [0.25, 0.3) is 0 Å². The third-order valence-corrected chi connectivity index (χ3v) is 6.46. The first-order valence-electron chi connectivity index (χ1n) is 9.86. The molecule has 3 aliphatic rings. The summed E-state index contributed by atoms with van der Waals surface area (Å²) in [7, 11) is 0. The summed E-state index contributed by atoms with van der Waals surface area (Å²) in [5.41, 5.74) is 1.58. The normalized spacial score (nSPS) is 27.1. The van der Waals surface area contributed by atoms with Crippen LogP contribution in [0, 0.1) is 18.3 Å². The van der Waals surface area contributed by atoms with E-state index in [4.69, 9.17) is 0 Å². The summed E-state index contributed by atoms with van der Waals surface area (Å²) in [4.78, 5) is 15.0. The molecule has 1 spiro atoms. The van der Waals surface area contributed by atoms with Crippen molar-refractivity contribution in [3.05, 3.63) is 18.0 Å². The van der Waals surface area contributed by atoms with Crippen LogP contribution in [0.5, 0.6) is 0 Å². The van der Waals surface area contributed by atoms with Gasteiger partial charge in [0.05, 0.1) is 12.2 Å². The number of rotatable bonds is 3. The largest absolute Gasteiger partial charge is 0.341 e. The van der Waals surface area contributed by atoms with Crippen molar-refractivity contribution in [2.75, 3.05) is 32.7 Å². The molecule has 1 aromatic rings. The van der Waals surface area contributed by atoms with E-state index in [-0.39, 0.29) is 6.04 Å². The first kappa shape index (κ1) is 17.0. The zero-order valence-corrected chi connectivity index (χ0v) is 15.3. The van der Waals surface area contributed by atoms with Crippen LogP contribution < -0.4 is 10.6 Å². The van der Waals surface area contributed by atoms with E-state index < -0.39 is 0 Å². The van der Waals surface area contributed by atoms with Gasteiger partial charge in [-0.3, -0.25) is 9.48 Å². The highest BCUT2D eigenvalue weighted by Crippen LogP contribution is 2.38. The van der Waals surface area contributed by atoms with Crippen LogP contribution in [0.15, 0.2) is 12.4 Å². The lowest BCUT2D eigenvalue weighted by Gasteiger charge is -2.35. The molecule has 3 aliphatic heterocycles. The molecule has 0 saturated carbocycles. The van der Waals surface area contributed by atoms with Gasteiger partial charge in [0, 0.05) is 32.4 Å². The number of piperidine rings is 2. The molecular weight excluding hydrogens is 314 g/mol. The lowest BCUT2D eigenvalue weighted by Crippen LogP contribution is -2.47. The minimum atomic E-state index is 0.0448. The molecule has 0 aliphatic carbocycles. The van der Waals surface area contributed by atoms with Crippen LogP contribution in [-0.4, -0.2) is 59.4 Å². The van der Waals surface area contributed by atoms with Gasteiger partial charge in [0.1, 0.15) is 0 Å². The maximum Gasteiger partial charge on any atom is 0.239 e. The van der Waals surface area contributed by atoms with Crippen molar-refractivity contribution in [1.82, 2.24) is 25.3 Å². The van der Waals surface area contributed by atoms with E-state index in [9.17, 15) is 4.79 Å². The van der Waals surface area contributed by atoms with Crippen LogP contribution >= 0.6 is 0 Å². The third-order valence-electron chi connectivity index (χ3n) is 6.46. The summed E-state index contributed by atoms with van der Waals surface area (Å²) in [6.07, 6.45) is 9.64. The van der Waals surface area contributed by atoms with Crippen molar-refractivity contribution >= 4 is 5.91 Å². The Hall–Kier alpha value is -1.40. The second kappa shape index (κ2) is 7.08. The predicted octanol–water partition coefficient (Wildman–Crippen LogP) is 1.16. The molecule has 3 fully saturated rings. The average molecular weight is 345 g/mol. The highest BCUT2D eigenvalue weighted by molar-refractivity contribution is 5.82. The van der Waals surface area contributed by atoms with Crippen LogP contribution in [0.3, 0.4) is 0 Å². The van der Waals surface area contributed by atoms with Gasteiger partial charge in [-0.2, -0.15) is 5.10 Å². The Balaban J connectivity index is 1.27. The van der Waals surface area contributed by atoms with Gasteiger partial charge in [-0.15, -0.1) is 0 Å². The molecule has 0 aromatic carbocycles. The maximum atomic E-state index is 12.9.